The number of fused-ring (bicyclic) bond motifs is 1. The first-order chi connectivity index (χ1) is 9.50. The van der Waals surface area contributed by atoms with Crippen molar-refractivity contribution in [3.8, 4) is 11.8 Å². The first-order valence-corrected chi connectivity index (χ1v) is 6.46. The van der Waals surface area contributed by atoms with Crippen molar-refractivity contribution >= 4 is 22.4 Å². The Labute approximate surface area is 115 Å². The van der Waals surface area contributed by atoms with Crippen LogP contribution in [0.15, 0.2) is 35.3 Å². The number of halogens is 3. The van der Waals surface area contributed by atoms with Crippen molar-refractivity contribution in [2.24, 2.45) is 0 Å². The fraction of sp³-hybridized carbons (Fsp3) is 0.0769. The summed E-state index contributed by atoms with van der Waals surface area (Å²) in [7, 11) is 0. The minimum atomic E-state index is -4.40. The number of hydrogen-bond acceptors (Lipinski definition) is 3. The summed E-state index contributed by atoms with van der Waals surface area (Å²) >= 11 is 0.987. The van der Waals surface area contributed by atoms with Crippen LogP contribution in [0.2, 0.25) is 0 Å². The van der Waals surface area contributed by atoms with Gasteiger partial charge in [0, 0.05) is 28.5 Å². The molecular formula is C13H6F3N3S. The van der Waals surface area contributed by atoms with E-state index in [9.17, 15) is 13.2 Å². The van der Waals surface area contributed by atoms with Gasteiger partial charge in [0.05, 0.1) is 16.8 Å². The van der Waals surface area contributed by atoms with Crippen LogP contribution in [-0.2, 0) is 6.18 Å². The number of alkyl halides is 3. The van der Waals surface area contributed by atoms with Crippen molar-refractivity contribution in [2.75, 3.05) is 0 Å². The molecule has 0 fully saturated rings. The van der Waals surface area contributed by atoms with Crippen LogP contribution in [0.25, 0.3) is 16.7 Å². The number of thiophene rings is 1. The van der Waals surface area contributed by atoms with Crippen molar-refractivity contribution in [1.82, 2.24) is 9.55 Å². The van der Waals surface area contributed by atoms with Gasteiger partial charge in [-0.15, -0.1) is 11.3 Å². The summed E-state index contributed by atoms with van der Waals surface area (Å²) in [4.78, 5) is 4.07. The van der Waals surface area contributed by atoms with Crippen LogP contribution in [0.1, 0.15) is 11.1 Å². The first kappa shape index (κ1) is 12.7. The molecule has 0 N–H and O–H groups in total. The molecule has 3 aromatic rings. The minimum Gasteiger partial charge on any atom is -0.300 e. The predicted molar refractivity (Wildman–Crippen MR) is 68.7 cm³/mol. The number of hydrogen-bond donors (Lipinski definition) is 0. The lowest BCUT2D eigenvalue weighted by molar-refractivity contribution is -0.137. The summed E-state index contributed by atoms with van der Waals surface area (Å²) in [5.41, 5.74) is 0.130. The Morgan fingerprint density at radius 3 is 2.80 bits per heavy atom. The normalized spacial score (nSPS) is 11.7. The molecule has 3 nitrogen and oxygen atoms in total. The molecule has 3 aromatic heterocycles. The van der Waals surface area contributed by atoms with Crippen LogP contribution >= 0.6 is 11.3 Å². The van der Waals surface area contributed by atoms with Crippen LogP contribution in [-0.4, -0.2) is 9.55 Å². The third-order valence-electron chi connectivity index (χ3n) is 2.86. The van der Waals surface area contributed by atoms with Gasteiger partial charge >= 0.3 is 6.18 Å². The number of aromatic nitrogens is 2. The standard InChI is InChI=1S/C13H6F3N3S/c14-13(15,16)10-6-20-7-11(10)19-2-1-9-3-8(4-17)5-18-12(9)19/h1-3,5-7H. The average molecular weight is 293 g/mol. The zero-order valence-electron chi connectivity index (χ0n) is 9.85. The molecule has 0 spiro atoms. The maximum atomic E-state index is 12.9. The largest absolute Gasteiger partial charge is 0.419 e. The SMILES string of the molecule is N#Cc1cnc2c(ccn2-c2cscc2C(F)(F)F)c1. The van der Waals surface area contributed by atoms with E-state index in [2.05, 4.69) is 4.98 Å². The third-order valence-corrected chi connectivity index (χ3v) is 3.59. The van der Waals surface area contributed by atoms with Gasteiger partial charge in [-0.1, -0.05) is 0 Å². The fourth-order valence-corrected chi connectivity index (χ4v) is 2.80. The molecule has 0 bridgehead atoms. The van der Waals surface area contributed by atoms with Crippen LogP contribution < -0.4 is 0 Å². The Morgan fingerprint density at radius 2 is 2.10 bits per heavy atom. The topological polar surface area (TPSA) is 41.6 Å². The van der Waals surface area contributed by atoms with Gasteiger partial charge in [0.1, 0.15) is 11.7 Å². The van der Waals surface area contributed by atoms with Gasteiger partial charge in [-0.25, -0.2) is 4.98 Å². The Kier molecular flexibility index (Phi) is 2.76. The molecule has 0 amide bonds. The molecule has 0 saturated heterocycles. The Bertz CT molecular complexity index is 823. The second kappa shape index (κ2) is 4.35. The molecule has 3 heterocycles. The number of nitriles is 1. The van der Waals surface area contributed by atoms with E-state index in [0.29, 0.717) is 16.6 Å². The maximum absolute atomic E-state index is 12.9. The van der Waals surface area contributed by atoms with E-state index < -0.39 is 11.7 Å². The van der Waals surface area contributed by atoms with E-state index >= 15 is 0 Å². The molecule has 0 aliphatic rings. The summed E-state index contributed by atoms with van der Waals surface area (Å²) in [6, 6.07) is 5.18. The van der Waals surface area contributed by atoms with Crippen molar-refractivity contribution in [3.63, 3.8) is 0 Å². The monoisotopic (exact) mass is 293 g/mol. The van der Waals surface area contributed by atoms with Crippen LogP contribution in [0.3, 0.4) is 0 Å². The van der Waals surface area contributed by atoms with E-state index in [1.165, 1.54) is 22.3 Å². The second-order valence-electron chi connectivity index (χ2n) is 4.10. The van der Waals surface area contributed by atoms with Gasteiger partial charge in [-0.3, -0.25) is 4.57 Å². The van der Waals surface area contributed by atoms with Crippen molar-refractivity contribution in [3.05, 3.63) is 46.4 Å². The predicted octanol–water partition coefficient (Wildman–Crippen LogP) is 3.98. The van der Waals surface area contributed by atoms with E-state index in [1.54, 1.807) is 12.1 Å². The van der Waals surface area contributed by atoms with Crippen molar-refractivity contribution in [1.29, 1.82) is 5.26 Å². The van der Waals surface area contributed by atoms with Gasteiger partial charge in [0.2, 0.25) is 0 Å². The molecule has 7 heteroatoms. The van der Waals surface area contributed by atoms with E-state index in [0.717, 1.165) is 16.7 Å². The Hall–Kier alpha value is -2.33. The number of rotatable bonds is 1. The molecule has 0 radical (unpaired) electrons. The van der Waals surface area contributed by atoms with Crippen LogP contribution in [0, 0.1) is 11.3 Å². The Morgan fingerprint density at radius 1 is 1.30 bits per heavy atom. The molecule has 0 aliphatic heterocycles. The highest BCUT2D eigenvalue weighted by Crippen LogP contribution is 2.37. The average Bonchev–Trinajstić information content (AvgIpc) is 3.02. The lowest BCUT2D eigenvalue weighted by Crippen LogP contribution is -2.08. The second-order valence-corrected chi connectivity index (χ2v) is 4.85. The van der Waals surface area contributed by atoms with Crippen molar-refractivity contribution < 1.29 is 13.2 Å². The third kappa shape index (κ3) is 1.94. The summed E-state index contributed by atoms with van der Waals surface area (Å²) in [5, 5.41) is 11.9. The maximum Gasteiger partial charge on any atom is 0.419 e. The fourth-order valence-electron chi connectivity index (χ4n) is 1.97. The lowest BCUT2D eigenvalue weighted by atomic mass is 10.2. The van der Waals surface area contributed by atoms with E-state index in [-0.39, 0.29) is 5.69 Å². The van der Waals surface area contributed by atoms with Gasteiger partial charge in [-0.05, 0) is 12.1 Å². The summed E-state index contributed by atoms with van der Waals surface area (Å²) in [5.74, 6) is 0. The molecule has 0 atom stereocenters. The Balaban J connectivity index is 2.22. The molecule has 20 heavy (non-hydrogen) atoms. The highest BCUT2D eigenvalue weighted by atomic mass is 32.1. The van der Waals surface area contributed by atoms with Gasteiger partial charge in [-0.2, -0.15) is 18.4 Å². The highest BCUT2D eigenvalue weighted by molar-refractivity contribution is 7.08. The quantitative estimate of drug-likeness (QED) is 0.681. The zero-order valence-corrected chi connectivity index (χ0v) is 10.7. The van der Waals surface area contributed by atoms with Crippen LogP contribution in [0.4, 0.5) is 13.2 Å². The number of pyridine rings is 1. The molecule has 0 unspecified atom stereocenters. The molecule has 0 aliphatic carbocycles. The minimum absolute atomic E-state index is 0.0507. The molecular weight excluding hydrogens is 287 g/mol. The van der Waals surface area contributed by atoms with Crippen LogP contribution in [0.5, 0.6) is 0 Å². The smallest absolute Gasteiger partial charge is 0.300 e. The molecule has 0 aromatic carbocycles. The summed E-state index contributed by atoms with van der Waals surface area (Å²) in [6.07, 6.45) is -1.53. The van der Waals surface area contributed by atoms with Crippen molar-refractivity contribution in [2.45, 2.75) is 6.18 Å². The number of nitrogens with zero attached hydrogens (tertiary/aromatic N) is 3. The van der Waals surface area contributed by atoms with Gasteiger partial charge < -0.3 is 0 Å². The molecule has 100 valence electrons. The van der Waals surface area contributed by atoms with Gasteiger partial charge in [0.15, 0.2) is 0 Å². The zero-order chi connectivity index (χ0) is 14.3. The molecule has 3 rings (SSSR count). The summed E-state index contributed by atoms with van der Waals surface area (Å²) in [6.45, 7) is 0. The first-order valence-electron chi connectivity index (χ1n) is 5.51. The lowest BCUT2D eigenvalue weighted by Gasteiger charge is -2.09. The highest BCUT2D eigenvalue weighted by Gasteiger charge is 2.35. The summed E-state index contributed by atoms with van der Waals surface area (Å²) < 4.78 is 40.2. The molecule has 0 saturated carbocycles. The van der Waals surface area contributed by atoms with E-state index in [4.69, 9.17) is 5.26 Å². The van der Waals surface area contributed by atoms with E-state index in [1.807, 2.05) is 6.07 Å². The van der Waals surface area contributed by atoms with Gasteiger partial charge in [0.25, 0.3) is 0 Å².